The van der Waals surface area contributed by atoms with Crippen LogP contribution in [0.5, 0.6) is 0 Å². The Labute approximate surface area is 349 Å². The highest BCUT2D eigenvalue weighted by atomic mass is 32.1. The van der Waals surface area contributed by atoms with Gasteiger partial charge in [-0.05, 0) is 127 Å². The predicted octanol–water partition coefficient (Wildman–Crippen LogP) is 9.69. The minimum absolute atomic E-state index is 0.0620. The van der Waals surface area contributed by atoms with Gasteiger partial charge in [0.2, 0.25) is 11.8 Å². The molecule has 2 N–H and O–H groups in total. The number of aryl methyl sites for hydroxylation is 2. The number of likely N-dealkylation sites (tertiary alicyclic amines) is 2. The van der Waals surface area contributed by atoms with Crippen molar-refractivity contribution in [3.63, 3.8) is 0 Å². The SMILES string of the molecule is Cc1nc2cc(CC(=O)N3CCC[C@@H]3c3ncc(-c4ccc5c(c4)Cc4cc(-c6cnc([C@H]7CCCN7C(=O)Cc7ccc8sc(C)nc8c7)[nH]6)ccc4-5)[nH]3)ccc2s1. The Hall–Kier alpha value is -5.98. The summed E-state index contributed by atoms with van der Waals surface area (Å²) in [6, 6.07) is 25.6. The van der Waals surface area contributed by atoms with Crippen LogP contribution in [0.4, 0.5) is 0 Å². The van der Waals surface area contributed by atoms with Gasteiger partial charge < -0.3 is 19.8 Å². The highest BCUT2D eigenvalue weighted by molar-refractivity contribution is 7.18. The average molecular weight is 815 g/mol. The molecule has 0 bridgehead atoms. The van der Waals surface area contributed by atoms with E-state index in [0.717, 1.165) is 121 Å². The number of rotatable bonds is 8. The van der Waals surface area contributed by atoms with Gasteiger partial charge in [0.05, 0.1) is 79.2 Å². The molecule has 3 aliphatic rings. The predicted molar refractivity (Wildman–Crippen MR) is 233 cm³/mol. The van der Waals surface area contributed by atoms with Crippen molar-refractivity contribution < 1.29 is 9.59 Å². The van der Waals surface area contributed by atoms with Crippen LogP contribution in [0, 0.1) is 13.8 Å². The van der Waals surface area contributed by atoms with Crippen LogP contribution in [0.3, 0.4) is 0 Å². The van der Waals surface area contributed by atoms with E-state index in [2.05, 4.69) is 92.7 Å². The molecule has 0 saturated carbocycles. The summed E-state index contributed by atoms with van der Waals surface area (Å²) < 4.78 is 2.30. The lowest BCUT2D eigenvalue weighted by atomic mass is 10.0. The first-order valence-corrected chi connectivity index (χ1v) is 22.1. The molecule has 2 saturated heterocycles. The second kappa shape index (κ2) is 14.4. The maximum atomic E-state index is 13.6. The molecule has 2 fully saturated rings. The zero-order valence-electron chi connectivity index (χ0n) is 32.9. The van der Waals surface area contributed by atoms with Gasteiger partial charge in [-0.15, -0.1) is 22.7 Å². The molecule has 2 atom stereocenters. The van der Waals surface area contributed by atoms with Gasteiger partial charge in [0.15, 0.2) is 0 Å². The fourth-order valence-electron chi connectivity index (χ4n) is 9.50. The lowest BCUT2D eigenvalue weighted by Gasteiger charge is -2.23. The van der Waals surface area contributed by atoms with E-state index in [0.29, 0.717) is 12.8 Å². The number of aromatic amines is 2. The van der Waals surface area contributed by atoms with Crippen LogP contribution >= 0.6 is 22.7 Å². The second-order valence-corrected chi connectivity index (χ2v) is 18.7. The number of fused-ring (bicyclic) bond motifs is 5. The molecule has 10 nitrogen and oxygen atoms in total. The van der Waals surface area contributed by atoms with E-state index in [-0.39, 0.29) is 23.9 Å². The number of hydrogen-bond donors (Lipinski definition) is 2. The fourth-order valence-corrected chi connectivity index (χ4v) is 11.1. The van der Waals surface area contributed by atoms with Crippen LogP contribution in [0.25, 0.3) is 54.1 Å². The maximum Gasteiger partial charge on any atom is 0.227 e. The number of thiazole rings is 2. The summed E-state index contributed by atoms with van der Waals surface area (Å²) in [7, 11) is 0. The lowest BCUT2D eigenvalue weighted by molar-refractivity contribution is -0.132. The molecule has 294 valence electrons. The highest BCUT2D eigenvalue weighted by Crippen LogP contribution is 2.41. The zero-order chi connectivity index (χ0) is 39.8. The van der Waals surface area contributed by atoms with E-state index in [1.807, 2.05) is 36.0 Å². The van der Waals surface area contributed by atoms with E-state index in [9.17, 15) is 9.59 Å². The number of nitrogens with one attached hydrogen (secondary N) is 2. The van der Waals surface area contributed by atoms with Crippen molar-refractivity contribution in [1.29, 1.82) is 0 Å². The van der Waals surface area contributed by atoms with E-state index in [1.54, 1.807) is 22.7 Å². The molecule has 1 aliphatic carbocycles. The first-order chi connectivity index (χ1) is 28.8. The second-order valence-electron chi connectivity index (χ2n) is 16.2. The van der Waals surface area contributed by atoms with E-state index in [4.69, 9.17) is 9.97 Å². The van der Waals surface area contributed by atoms with Crippen molar-refractivity contribution in [2.24, 2.45) is 0 Å². The number of H-pyrrole nitrogens is 2. The van der Waals surface area contributed by atoms with Gasteiger partial charge in [0, 0.05) is 13.1 Å². The van der Waals surface area contributed by atoms with Gasteiger partial charge in [0.1, 0.15) is 11.6 Å². The summed E-state index contributed by atoms with van der Waals surface area (Å²) >= 11 is 3.36. The van der Waals surface area contributed by atoms with Gasteiger partial charge in [-0.3, -0.25) is 9.59 Å². The van der Waals surface area contributed by atoms with Gasteiger partial charge in [-0.2, -0.15) is 0 Å². The minimum Gasteiger partial charge on any atom is -0.340 e. The van der Waals surface area contributed by atoms with E-state index >= 15 is 0 Å². The molecule has 0 unspecified atom stereocenters. The molecule has 4 aromatic carbocycles. The molecule has 4 aromatic heterocycles. The van der Waals surface area contributed by atoms with Gasteiger partial charge in [-0.25, -0.2) is 19.9 Å². The molecule has 8 aromatic rings. The van der Waals surface area contributed by atoms with Crippen LogP contribution in [-0.4, -0.2) is 64.6 Å². The van der Waals surface area contributed by atoms with Crippen molar-refractivity contribution in [2.75, 3.05) is 13.1 Å². The standard InChI is InChI=1S/C47H42N8O2S2/c1-26-50-36-17-28(7-13-42(36)58-26)19-44(56)54-15-3-5-40(54)46-48-24-38(52-46)30-9-11-34-32(21-30)23-33-22-31(10-12-35(33)34)39-25-49-47(53-39)41-6-4-16-55(41)45(57)20-29-8-14-43-37(18-29)51-27(2)59-43/h7-14,17-18,21-22,24-25,40-41H,3-6,15-16,19-20,23H2,1-2H3,(H,48,52)(H,49,53)/t40-,41-/m1/s1. The van der Waals surface area contributed by atoms with Crippen LogP contribution in [-0.2, 0) is 28.9 Å². The Morgan fingerprint density at radius 3 is 1.59 bits per heavy atom. The van der Waals surface area contributed by atoms with Crippen LogP contribution in [0.1, 0.15) is 81.7 Å². The molecular weight excluding hydrogens is 773 g/mol. The largest absolute Gasteiger partial charge is 0.340 e. The van der Waals surface area contributed by atoms with Crippen LogP contribution in [0.15, 0.2) is 85.2 Å². The molecular formula is C47H42N8O2S2. The smallest absolute Gasteiger partial charge is 0.227 e. The van der Waals surface area contributed by atoms with Crippen LogP contribution in [0.2, 0.25) is 0 Å². The van der Waals surface area contributed by atoms with Crippen molar-refractivity contribution >= 4 is 54.9 Å². The third kappa shape index (κ3) is 6.64. The first-order valence-electron chi connectivity index (χ1n) is 20.5. The maximum absolute atomic E-state index is 13.6. The number of benzene rings is 4. The molecule has 6 heterocycles. The normalized spacial score (nSPS) is 17.4. The molecule has 0 radical (unpaired) electrons. The minimum atomic E-state index is -0.0620. The van der Waals surface area contributed by atoms with Crippen molar-refractivity contribution in [2.45, 2.75) is 70.9 Å². The number of hydrogen-bond acceptors (Lipinski definition) is 8. The van der Waals surface area contributed by atoms with Gasteiger partial charge in [0.25, 0.3) is 0 Å². The lowest BCUT2D eigenvalue weighted by Crippen LogP contribution is -2.32. The summed E-state index contributed by atoms with van der Waals surface area (Å²) in [6.45, 7) is 5.50. The monoisotopic (exact) mass is 814 g/mol. The van der Waals surface area contributed by atoms with Gasteiger partial charge >= 0.3 is 0 Å². The highest BCUT2D eigenvalue weighted by Gasteiger charge is 2.34. The van der Waals surface area contributed by atoms with Crippen molar-refractivity contribution in [3.8, 4) is 33.6 Å². The fraction of sp³-hybridized carbons (Fsp3) is 0.277. The Bertz CT molecular complexity index is 2760. The Morgan fingerprint density at radius 2 is 1.12 bits per heavy atom. The Balaban J connectivity index is 0.763. The van der Waals surface area contributed by atoms with Crippen molar-refractivity contribution in [3.05, 3.63) is 129 Å². The number of nitrogens with zero attached hydrogens (tertiary/aromatic N) is 6. The number of carbonyl (C=O) groups is 2. The number of imidazole rings is 2. The molecule has 2 aliphatic heterocycles. The zero-order valence-corrected chi connectivity index (χ0v) is 34.6. The summed E-state index contributed by atoms with van der Waals surface area (Å²) in [5, 5.41) is 2.07. The topological polar surface area (TPSA) is 124 Å². The molecule has 0 spiro atoms. The summed E-state index contributed by atoms with van der Waals surface area (Å²) in [6.07, 6.45) is 9.08. The Kier molecular flexibility index (Phi) is 8.81. The number of carbonyl (C=O) groups excluding carboxylic acids is 2. The third-order valence-electron chi connectivity index (χ3n) is 12.3. The van der Waals surface area contributed by atoms with E-state index < -0.39 is 0 Å². The van der Waals surface area contributed by atoms with Crippen LogP contribution < -0.4 is 0 Å². The summed E-state index contributed by atoms with van der Waals surface area (Å²) in [5.74, 6) is 1.94. The van der Waals surface area contributed by atoms with Crippen molar-refractivity contribution in [1.82, 2.24) is 39.7 Å². The molecule has 59 heavy (non-hydrogen) atoms. The first kappa shape index (κ1) is 36.1. The molecule has 11 rings (SSSR count). The summed E-state index contributed by atoms with van der Waals surface area (Å²) in [5.41, 5.74) is 13.1. The average Bonchev–Trinajstić information content (AvgIpc) is 4.09. The number of amides is 2. The quantitative estimate of drug-likeness (QED) is 0.158. The van der Waals surface area contributed by atoms with Gasteiger partial charge in [-0.1, -0.05) is 36.4 Å². The molecule has 2 amide bonds. The Morgan fingerprint density at radius 1 is 0.644 bits per heavy atom. The van der Waals surface area contributed by atoms with E-state index in [1.165, 1.54) is 22.3 Å². The summed E-state index contributed by atoms with van der Waals surface area (Å²) in [4.78, 5) is 57.3. The third-order valence-corrected chi connectivity index (χ3v) is 14.2. The molecule has 12 heteroatoms. The number of aromatic nitrogens is 6.